The molecule has 0 aliphatic heterocycles. The lowest BCUT2D eigenvalue weighted by Gasteiger charge is -2.12. The van der Waals surface area contributed by atoms with Crippen LogP contribution in [0.25, 0.3) is 0 Å². The molecule has 0 aromatic heterocycles. The number of rotatable bonds is 7. The SMILES string of the molecule is CN(C)C(=O)CCNCc1ccccc1OC(F)F. The lowest BCUT2D eigenvalue weighted by molar-refractivity contribution is -0.128. The van der Waals surface area contributed by atoms with Crippen molar-refractivity contribution in [2.24, 2.45) is 0 Å². The molecule has 106 valence electrons. The maximum Gasteiger partial charge on any atom is 0.387 e. The second-order valence-electron chi connectivity index (χ2n) is 4.20. The summed E-state index contributed by atoms with van der Waals surface area (Å²) < 4.78 is 28.8. The molecule has 1 amide bonds. The Bertz CT molecular complexity index is 411. The van der Waals surface area contributed by atoms with Gasteiger partial charge < -0.3 is 15.0 Å². The van der Waals surface area contributed by atoms with Gasteiger partial charge in [-0.25, -0.2) is 0 Å². The molecule has 0 aliphatic carbocycles. The van der Waals surface area contributed by atoms with E-state index in [2.05, 4.69) is 10.1 Å². The molecule has 1 aromatic rings. The number of hydrogen-bond acceptors (Lipinski definition) is 3. The van der Waals surface area contributed by atoms with Crippen molar-refractivity contribution in [3.8, 4) is 5.75 Å². The predicted octanol–water partition coefficient (Wildman–Crippen LogP) is 1.86. The van der Waals surface area contributed by atoms with E-state index in [9.17, 15) is 13.6 Å². The first-order valence-electron chi connectivity index (χ1n) is 5.94. The molecule has 0 unspecified atom stereocenters. The van der Waals surface area contributed by atoms with Crippen molar-refractivity contribution in [1.29, 1.82) is 0 Å². The van der Waals surface area contributed by atoms with Crippen LogP contribution in [0.1, 0.15) is 12.0 Å². The topological polar surface area (TPSA) is 41.6 Å². The predicted molar refractivity (Wildman–Crippen MR) is 68.1 cm³/mol. The molecule has 0 atom stereocenters. The van der Waals surface area contributed by atoms with Gasteiger partial charge in [-0.05, 0) is 6.07 Å². The number of nitrogens with one attached hydrogen (secondary N) is 1. The molecule has 6 heteroatoms. The van der Waals surface area contributed by atoms with Gasteiger partial charge in [-0.1, -0.05) is 18.2 Å². The zero-order chi connectivity index (χ0) is 14.3. The maximum atomic E-state index is 12.2. The van der Waals surface area contributed by atoms with Crippen molar-refractivity contribution in [1.82, 2.24) is 10.2 Å². The van der Waals surface area contributed by atoms with Gasteiger partial charge in [0.1, 0.15) is 5.75 Å². The van der Waals surface area contributed by atoms with Crippen LogP contribution in [0.4, 0.5) is 8.78 Å². The fourth-order valence-corrected chi connectivity index (χ4v) is 1.50. The smallest absolute Gasteiger partial charge is 0.387 e. The van der Waals surface area contributed by atoms with Gasteiger partial charge in [0.15, 0.2) is 0 Å². The Morgan fingerprint density at radius 2 is 2.05 bits per heavy atom. The highest BCUT2D eigenvalue weighted by Gasteiger charge is 2.09. The first-order valence-corrected chi connectivity index (χ1v) is 5.94. The van der Waals surface area contributed by atoms with Crippen LogP contribution in [0, 0.1) is 0 Å². The molecule has 0 saturated heterocycles. The standard InChI is InChI=1S/C13H18F2N2O2/c1-17(2)12(18)7-8-16-9-10-5-3-4-6-11(10)19-13(14)15/h3-6,13,16H,7-9H2,1-2H3. The summed E-state index contributed by atoms with van der Waals surface area (Å²) in [6, 6.07) is 6.59. The Morgan fingerprint density at radius 1 is 1.37 bits per heavy atom. The summed E-state index contributed by atoms with van der Waals surface area (Å²) in [5.41, 5.74) is 0.639. The number of hydrogen-bond donors (Lipinski definition) is 1. The summed E-state index contributed by atoms with van der Waals surface area (Å²) >= 11 is 0. The average molecular weight is 272 g/mol. The largest absolute Gasteiger partial charge is 0.434 e. The number of para-hydroxylation sites is 1. The molecule has 4 nitrogen and oxygen atoms in total. The zero-order valence-electron chi connectivity index (χ0n) is 11.0. The van der Waals surface area contributed by atoms with E-state index in [1.54, 1.807) is 32.3 Å². The van der Waals surface area contributed by atoms with Gasteiger partial charge >= 0.3 is 6.61 Å². The van der Waals surface area contributed by atoms with E-state index < -0.39 is 6.61 Å². The van der Waals surface area contributed by atoms with Gasteiger partial charge in [0.05, 0.1) is 0 Å². The van der Waals surface area contributed by atoms with Crippen LogP contribution in [0.2, 0.25) is 0 Å². The summed E-state index contributed by atoms with van der Waals surface area (Å²) in [5.74, 6) is 0.175. The normalized spacial score (nSPS) is 10.6. The molecular weight excluding hydrogens is 254 g/mol. The number of nitrogens with zero attached hydrogens (tertiary/aromatic N) is 1. The number of ether oxygens (including phenoxy) is 1. The Labute approximate surface area is 111 Å². The fourth-order valence-electron chi connectivity index (χ4n) is 1.50. The van der Waals surface area contributed by atoms with Crippen LogP contribution in [0.15, 0.2) is 24.3 Å². The van der Waals surface area contributed by atoms with Gasteiger partial charge in [-0.3, -0.25) is 4.79 Å². The number of amides is 1. The highest BCUT2D eigenvalue weighted by atomic mass is 19.3. The lowest BCUT2D eigenvalue weighted by atomic mass is 10.2. The Kier molecular flexibility index (Phi) is 6.21. The summed E-state index contributed by atoms with van der Waals surface area (Å²) in [4.78, 5) is 12.8. The molecule has 0 aliphatic rings. The second kappa shape index (κ2) is 7.68. The zero-order valence-corrected chi connectivity index (χ0v) is 11.0. The molecule has 19 heavy (non-hydrogen) atoms. The molecule has 0 heterocycles. The molecule has 0 bridgehead atoms. The number of alkyl halides is 2. The third-order valence-electron chi connectivity index (χ3n) is 2.52. The van der Waals surface area contributed by atoms with Gasteiger partial charge in [0.2, 0.25) is 5.91 Å². The van der Waals surface area contributed by atoms with E-state index in [0.29, 0.717) is 25.1 Å². The maximum absolute atomic E-state index is 12.2. The molecule has 0 radical (unpaired) electrons. The van der Waals surface area contributed by atoms with Crippen LogP contribution in [-0.2, 0) is 11.3 Å². The average Bonchev–Trinajstić information content (AvgIpc) is 2.35. The van der Waals surface area contributed by atoms with Crippen molar-refractivity contribution in [3.63, 3.8) is 0 Å². The van der Waals surface area contributed by atoms with Crippen LogP contribution in [-0.4, -0.2) is 38.1 Å². The molecule has 1 rings (SSSR count). The Balaban J connectivity index is 2.42. The van der Waals surface area contributed by atoms with E-state index in [1.165, 1.54) is 11.0 Å². The monoisotopic (exact) mass is 272 g/mol. The summed E-state index contributed by atoms with van der Waals surface area (Å²) in [6.07, 6.45) is 0.366. The third-order valence-corrected chi connectivity index (χ3v) is 2.52. The first-order chi connectivity index (χ1) is 9.00. The van der Waals surface area contributed by atoms with Crippen molar-refractivity contribution in [2.75, 3.05) is 20.6 Å². The first kappa shape index (κ1) is 15.4. The van der Waals surface area contributed by atoms with Crippen LogP contribution in [0.5, 0.6) is 5.75 Å². The van der Waals surface area contributed by atoms with E-state index in [-0.39, 0.29) is 11.7 Å². The number of benzene rings is 1. The highest BCUT2D eigenvalue weighted by molar-refractivity contribution is 5.75. The number of carbonyl (C=O) groups excluding carboxylic acids is 1. The second-order valence-corrected chi connectivity index (χ2v) is 4.20. The fraction of sp³-hybridized carbons (Fsp3) is 0.462. The van der Waals surface area contributed by atoms with Gasteiger partial charge in [0, 0.05) is 39.2 Å². The Morgan fingerprint density at radius 3 is 2.68 bits per heavy atom. The van der Waals surface area contributed by atoms with Crippen molar-refractivity contribution >= 4 is 5.91 Å². The van der Waals surface area contributed by atoms with E-state index in [1.807, 2.05) is 0 Å². The minimum absolute atomic E-state index is 0.0182. The highest BCUT2D eigenvalue weighted by Crippen LogP contribution is 2.19. The van der Waals surface area contributed by atoms with E-state index >= 15 is 0 Å². The number of halogens is 2. The third kappa shape index (κ3) is 5.65. The van der Waals surface area contributed by atoms with Gasteiger partial charge in [0.25, 0.3) is 0 Å². The van der Waals surface area contributed by atoms with Crippen molar-refractivity contribution < 1.29 is 18.3 Å². The van der Waals surface area contributed by atoms with E-state index in [4.69, 9.17) is 0 Å². The van der Waals surface area contributed by atoms with Crippen LogP contribution in [0.3, 0.4) is 0 Å². The number of carbonyl (C=O) groups is 1. The summed E-state index contributed by atoms with van der Waals surface area (Å²) in [6.45, 7) is -1.97. The van der Waals surface area contributed by atoms with Crippen molar-refractivity contribution in [2.45, 2.75) is 19.6 Å². The van der Waals surface area contributed by atoms with E-state index in [0.717, 1.165) is 0 Å². The Hall–Kier alpha value is -1.69. The molecule has 0 fully saturated rings. The molecular formula is C13H18F2N2O2. The summed E-state index contributed by atoms with van der Waals surface area (Å²) in [7, 11) is 3.38. The lowest BCUT2D eigenvalue weighted by Crippen LogP contribution is -2.26. The summed E-state index contributed by atoms with van der Waals surface area (Å²) in [5, 5.41) is 3.03. The van der Waals surface area contributed by atoms with Crippen LogP contribution < -0.4 is 10.1 Å². The minimum atomic E-state index is -2.84. The molecule has 1 aromatic carbocycles. The van der Waals surface area contributed by atoms with Crippen LogP contribution >= 0.6 is 0 Å². The van der Waals surface area contributed by atoms with Gasteiger partial charge in [-0.2, -0.15) is 8.78 Å². The molecule has 0 spiro atoms. The quantitative estimate of drug-likeness (QED) is 0.770. The minimum Gasteiger partial charge on any atom is -0.434 e. The molecule has 0 saturated carbocycles. The van der Waals surface area contributed by atoms with Gasteiger partial charge in [-0.15, -0.1) is 0 Å². The molecule has 1 N–H and O–H groups in total. The van der Waals surface area contributed by atoms with Crippen molar-refractivity contribution in [3.05, 3.63) is 29.8 Å².